The summed E-state index contributed by atoms with van der Waals surface area (Å²) in [5.41, 5.74) is 4.35. The summed E-state index contributed by atoms with van der Waals surface area (Å²) in [5, 5.41) is 0. The molecule has 21 heavy (non-hydrogen) atoms. The zero-order valence-electron chi connectivity index (χ0n) is 13.4. The summed E-state index contributed by atoms with van der Waals surface area (Å²) in [5.74, 6) is 0.199. The predicted molar refractivity (Wildman–Crippen MR) is 89.0 cm³/mol. The first kappa shape index (κ1) is 15.5. The van der Waals surface area contributed by atoms with Gasteiger partial charge in [0, 0.05) is 12.0 Å². The van der Waals surface area contributed by atoms with Crippen LogP contribution >= 0.6 is 0 Å². The molecule has 0 heterocycles. The van der Waals surface area contributed by atoms with Crippen LogP contribution in [0.2, 0.25) is 0 Å². The van der Waals surface area contributed by atoms with Crippen molar-refractivity contribution in [3.05, 3.63) is 70.8 Å². The van der Waals surface area contributed by atoms with Crippen LogP contribution in [-0.2, 0) is 18.3 Å². The Morgan fingerprint density at radius 2 is 1.48 bits per heavy atom. The average molecular weight is 280 g/mol. The van der Waals surface area contributed by atoms with E-state index in [0.717, 1.165) is 23.1 Å². The minimum absolute atomic E-state index is 0.0156. The molecule has 110 valence electrons. The summed E-state index contributed by atoms with van der Waals surface area (Å²) in [4.78, 5) is 12.6. The third-order valence-corrected chi connectivity index (χ3v) is 3.83. The van der Waals surface area contributed by atoms with E-state index in [0.29, 0.717) is 6.42 Å². The van der Waals surface area contributed by atoms with E-state index in [4.69, 9.17) is 0 Å². The highest BCUT2D eigenvalue weighted by molar-refractivity contribution is 5.99. The van der Waals surface area contributed by atoms with E-state index in [2.05, 4.69) is 58.0 Å². The molecule has 0 aliphatic carbocycles. The number of carbonyl (C=O) groups excluding carboxylic acids is 1. The van der Waals surface area contributed by atoms with Crippen molar-refractivity contribution >= 4 is 5.78 Å². The van der Waals surface area contributed by atoms with Gasteiger partial charge in [-0.05, 0) is 28.5 Å². The van der Waals surface area contributed by atoms with Crippen LogP contribution in [0.1, 0.15) is 54.7 Å². The predicted octanol–water partition coefficient (Wildman–Crippen LogP) is 4.97. The summed E-state index contributed by atoms with van der Waals surface area (Å²) in [6.07, 6.45) is 1.50. The van der Waals surface area contributed by atoms with Crippen molar-refractivity contribution in [1.29, 1.82) is 0 Å². The van der Waals surface area contributed by atoms with Gasteiger partial charge < -0.3 is 0 Å². The zero-order valence-corrected chi connectivity index (χ0v) is 13.4. The Morgan fingerprint density at radius 3 is 2.05 bits per heavy atom. The SMILES string of the molecule is CCc1ccc(CC(=O)c2ccccc2C(C)(C)C)cc1. The second-order valence-electron chi connectivity index (χ2n) is 6.57. The Balaban J connectivity index is 2.24. The first-order valence-electron chi connectivity index (χ1n) is 7.62. The molecule has 0 spiro atoms. The molecule has 0 saturated carbocycles. The van der Waals surface area contributed by atoms with Gasteiger partial charge in [0.25, 0.3) is 0 Å². The zero-order chi connectivity index (χ0) is 15.5. The maximum atomic E-state index is 12.6. The molecule has 0 bridgehead atoms. The summed E-state index contributed by atoms with van der Waals surface area (Å²) < 4.78 is 0. The Hall–Kier alpha value is -1.89. The van der Waals surface area contributed by atoms with Crippen LogP contribution in [0, 0.1) is 0 Å². The molecule has 2 rings (SSSR count). The largest absolute Gasteiger partial charge is 0.294 e. The molecule has 0 fully saturated rings. The van der Waals surface area contributed by atoms with Gasteiger partial charge >= 0.3 is 0 Å². The number of aryl methyl sites for hydroxylation is 1. The third-order valence-electron chi connectivity index (χ3n) is 3.83. The maximum absolute atomic E-state index is 12.6. The lowest BCUT2D eigenvalue weighted by Crippen LogP contribution is -2.17. The van der Waals surface area contributed by atoms with Crippen molar-refractivity contribution in [3.63, 3.8) is 0 Å². The van der Waals surface area contributed by atoms with Crippen LogP contribution < -0.4 is 0 Å². The molecular weight excluding hydrogens is 256 g/mol. The van der Waals surface area contributed by atoms with Gasteiger partial charge in [0.1, 0.15) is 0 Å². The van der Waals surface area contributed by atoms with E-state index >= 15 is 0 Å². The van der Waals surface area contributed by atoms with E-state index in [9.17, 15) is 4.79 Å². The minimum Gasteiger partial charge on any atom is -0.294 e. The van der Waals surface area contributed by atoms with Gasteiger partial charge in [-0.2, -0.15) is 0 Å². The van der Waals surface area contributed by atoms with E-state index in [1.807, 2.05) is 18.2 Å². The monoisotopic (exact) mass is 280 g/mol. The lowest BCUT2D eigenvalue weighted by molar-refractivity contribution is 0.0991. The molecule has 0 atom stereocenters. The molecule has 0 aliphatic rings. The number of rotatable bonds is 4. The van der Waals surface area contributed by atoms with Crippen molar-refractivity contribution in [2.24, 2.45) is 0 Å². The normalized spacial score (nSPS) is 11.4. The van der Waals surface area contributed by atoms with Crippen molar-refractivity contribution in [3.8, 4) is 0 Å². The first-order chi connectivity index (χ1) is 9.91. The topological polar surface area (TPSA) is 17.1 Å². The number of ketones is 1. The quantitative estimate of drug-likeness (QED) is 0.722. The van der Waals surface area contributed by atoms with Gasteiger partial charge in [-0.15, -0.1) is 0 Å². The summed E-state index contributed by atoms with van der Waals surface area (Å²) >= 11 is 0. The molecule has 1 nitrogen and oxygen atoms in total. The fourth-order valence-corrected chi connectivity index (χ4v) is 2.55. The van der Waals surface area contributed by atoms with Crippen LogP contribution in [0.3, 0.4) is 0 Å². The fourth-order valence-electron chi connectivity index (χ4n) is 2.55. The van der Waals surface area contributed by atoms with Gasteiger partial charge in [-0.3, -0.25) is 4.79 Å². The lowest BCUT2D eigenvalue weighted by atomic mass is 9.82. The molecule has 0 unspecified atom stereocenters. The van der Waals surface area contributed by atoms with Crippen molar-refractivity contribution in [1.82, 2.24) is 0 Å². The highest BCUT2D eigenvalue weighted by atomic mass is 16.1. The van der Waals surface area contributed by atoms with Gasteiger partial charge in [0.05, 0.1) is 0 Å². The first-order valence-corrected chi connectivity index (χ1v) is 7.62. The van der Waals surface area contributed by atoms with Crippen molar-refractivity contribution in [2.45, 2.75) is 46.0 Å². The summed E-state index contributed by atoms with van der Waals surface area (Å²) in [6, 6.07) is 16.3. The summed E-state index contributed by atoms with van der Waals surface area (Å²) in [7, 11) is 0. The van der Waals surface area contributed by atoms with Crippen LogP contribution in [0.25, 0.3) is 0 Å². The molecular formula is C20H24O. The molecule has 2 aromatic carbocycles. The minimum atomic E-state index is -0.0156. The molecule has 0 aromatic heterocycles. The van der Waals surface area contributed by atoms with E-state index in [-0.39, 0.29) is 11.2 Å². The third kappa shape index (κ3) is 3.81. The van der Waals surface area contributed by atoms with E-state index in [1.54, 1.807) is 0 Å². The second kappa shape index (κ2) is 6.26. The lowest BCUT2D eigenvalue weighted by Gasteiger charge is -2.22. The average Bonchev–Trinajstić information content (AvgIpc) is 2.47. The number of benzene rings is 2. The molecule has 1 heteroatoms. The van der Waals surface area contributed by atoms with Gasteiger partial charge in [-0.1, -0.05) is 76.2 Å². The second-order valence-corrected chi connectivity index (χ2v) is 6.57. The Labute approximate surface area is 128 Å². The van der Waals surface area contributed by atoms with E-state index < -0.39 is 0 Å². The van der Waals surface area contributed by atoms with Gasteiger partial charge in [0.15, 0.2) is 5.78 Å². The van der Waals surface area contributed by atoms with Crippen molar-refractivity contribution < 1.29 is 4.79 Å². The number of hydrogen-bond donors (Lipinski definition) is 0. The molecule has 2 aromatic rings. The Bertz CT molecular complexity index is 615. The molecule has 0 amide bonds. The van der Waals surface area contributed by atoms with Crippen LogP contribution in [0.5, 0.6) is 0 Å². The molecule has 0 saturated heterocycles. The fraction of sp³-hybridized carbons (Fsp3) is 0.350. The molecule has 0 aliphatic heterocycles. The van der Waals surface area contributed by atoms with Gasteiger partial charge in [-0.25, -0.2) is 0 Å². The van der Waals surface area contributed by atoms with Crippen LogP contribution in [-0.4, -0.2) is 5.78 Å². The number of carbonyl (C=O) groups is 1. The Kier molecular flexibility index (Phi) is 4.62. The van der Waals surface area contributed by atoms with Gasteiger partial charge in [0.2, 0.25) is 0 Å². The highest BCUT2D eigenvalue weighted by Gasteiger charge is 2.21. The maximum Gasteiger partial charge on any atom is 0.167 e. The smallest absolute Gasteiger partial charge is 0.167 e. The number of Topliss-reactive ketones (excluding diaryl/α,β-unsaturated/α-hetero) is 1. The van der Waals surface area contributed by atoms with Crippen LogP contribution in [0.15, 0.2) is 48.5 Å². The van der Waals surface area contributed by atoms with Crippen LogP contribution in [0.4, 0.5) is 0 Å². The molecule has 0 radical (unpaired) electrons. The van der Waals surface area contributed by atoms with Crippen molar-refractivity contribution in [2.75, 3.05) is 0 Å². The molecule has 0 N–H and O–H groups in total. The standard InChI is InChI=1S/C20H24O/c1-5-15-10-12-16(13-11-15)14-19(21)17-8-6-7-9-18(17)20(2,3)4/h6-13H,5,14H2,1-4H3. The summed E-state index contributed by atoms with van der Waals surface area (Å²) in [6.45, 7) is 8.58. The number of hydrogen-bond acceptors (Lipinski definition) is 1. The Morgan fingerprint density at radius 1 is 0.905 bits per heavy atom. The highest BCUT2D eigenvalue weighted by Crippen LogP contribution is 2.26. The van der Waals surface area contributed by atoms with E-state index in [1.165, 1.54) is 5.56 Å².